The maximum absolute atomic E-state index is 14.1. The quantitative estimate of drug-likeness (QED) is 0.586. The maximum Gasteiger partial charge on any atom is 0.182 e. The summed E-state index contributed by atoms with van der Waals surface area (Å²) >= 11 is 0. The second-order valence-electron chi connectivity index (χ2n) is 6.90. The number of hydrogen-bond donors (Lipinski definition) is 1. The van der Waals surface area contributed by atoms with E-state index in [-0.39, 0.29) is 12.1 Å². The van der Waals surface area contributed by atoms with Crippen molar-refractivity contribution in [1.29, 1.82) is 0 Å². The molecule has 3 heterocycles. The molecule has 0 radical (unpaired) electrons. The van der Waals surface area contributed by atoms with Crippen LogP contribution in [0.1, 0.15) is 29.9 Å². The normalized spacial score (nSPS) is 13.9. The molecule has 0 saturated heterocycles. The van der Waals surface area contributed by atoms with E-state index >= 15 is 0 Å². The highest BCUT2D eigenvalue weighted by Gasteiger charge is 2.27. The largest absolute Gasteiger partial charge is 0.383 e. The number of fused-ring (bicyclic) bond motifs is 1. The zero-order chi connectivity index (χ0) is 19.3. The molecule has 0 unspecified atom stereocenters. The van der Waals surface area contributed by atoms with Crippen LogP contribution in [0.5, 0.6) is 0 Å². The highest BCUT2D eigenvalue weighted by atomic mass is 19.2. The molecule has 3 aromatic heterocycles. The van der Waals surface area contributed by atoms with E-state index in [0.29, 0.717) is 28.9 Å². The Morgan fingerprint density at radius 1 is 1.11 bits per heavy atom. The lowest BCUT2D eigenvalue weighted by atomic mass is 10.2. The predicted molar refractivity (Wildman–Crippen MR) is 100 cm³/mol. The molecule has 0 bridgehead atoms. The first-order valence-electron chi connectivity index (χ1n) is 8.99. The third-order valence-electron chi connectivity index (χ3n) is 4.94. The number of anilines is 1. The Kier molecular flexibility index (Phi) is 3.78. The number of pyridine rings is 1. The zero-order valence-electron chi connectivity index (χ0n) is 14.8. The van der Waals surface area contributed by atoms with Crippen LogP contribution in [-0.4, -0.2) is 24.7 Å². The van der Waals surface area contributed by atoms with Crippen LogP contribution in [-0.2, 0) is 6.54 Å². The van der Waals surface area contributed by atoms with Crippen LogP contribution < -0.4 is 5.73 Å². The van der Waals surface area contributed by atoms with Crippen molar-refractivity contribution in [2.75, 3.05) is 5.73 Å². The Morgan fingerprint density at radius 2 is 1.96 bits per heavy atom. The molecule has 0 amide bonds. The van der Waals surface area contributed by atoms with E-state index in [1.807, 2.05) is 6.07 Å². The van der Waals surface area contributed by atoms with Crippen molar-refractivity contribution in [3.05, 3.63) is 65.5 Å². The first-order valence-corrected chi connectivity index (χ1v) is 8.99. The van der Waals surface area contributed by atoms with Crippen LogP contribution >= 0.6 is 0 Å². The summed E-state index contributed by atoms with van der Waals surface area (Å²) in [5.41, 5.74) is 8.31. The lowest BCUT2D eigenvalue weighted by Gasteiger charge is -2.05. The number of aromatic nitrogens is 5. The Labute approximate surface area is 159 Å². The predicted octanol–water partition coefficient (Wildman–Crippen LogP) is 3.67. The van der Waals surface area contributed by atoms with E-state index < -0.39 is 11.6 Å². The molecule has 1 fully saturated rings. The molecule has 0 aliphatic heterocycles. The van der Waals surface area contributed by atoms with Gasteiger partial charge in [-0.15, -0.1) is 0 Å². The monoisotopic (exact) mass is 378 g/mol. The van der Waals surface area contributed by atoms with Gasteiger partial charge in [-0.2, -0.15) is 5.10 Å². The average Bonchev–Trinajstić information content (AvgIpc) is 3.47. The van der Waals surface area contributed by atoms with E-state index in [1.165, 1.54) is 16.8 Å². The van der Waals surface area contributed by atoms with Crippen molar-refractivity contribution in [3.8, 4) is 11.5 Å². The van der Waals surface area contributed by atoms with Gasteiger partial charge in [-0.1, -0.05) is 12.1 Å². The minimum atomic E-state index is -0.895. The second-order valence-corrected chi connectivity index (χ2v) is 6.90. The Balaban J connectivity index is 1.61. The first-order chi connectivity index (χ1) is 13.6. The summed E-state index contributed by atoms with van der Waals surface area (Å²) in [5, 5.41) is 5.26. The summed E-state index contributed by atoms with van der Waals surface area (Å²) < 4.78 is 29.2. The summed E-state index contributed by atoms with van der Waals surface area (Å²) in [6.45, 7) is 0.0345. The first kappa shape index (κ1) is 16.7. The summed E-state index contributed by atoms with van der Waals surface area (Å²) in [6.07, 6.45) is 5.58. The van der Waals surface area contributed by atoms with Crippen LogP contribution in [0.25, 0.3) is 22.6 Å². The van der Waals surface area contributed by atoms with Crippen LogP contribution in [0.3, 0.4) is 0 Å². The molecule has 140 valence electrons. The highest BCUT2D eigenvalue weighted by Crippen LogP contribution is 2.42. The van der Waals surface area contributed by atoms with Gasteiger partial charge >= 0.3 is 0 Å². The highest BCUT2D eigenvalue weighted by molar-refractivity contribution is 5.89. The minimum absolute atomic E-state index is 0.0345. The molecule has 0 spiro atoms. The van der Waals surface area contributed by atoms with Gasteiger partial charge in [0.2, 0.25) is 0 Å². The van der Waals surface area contributed by atoms with E-state index in [9.17, 15) is 8.78 Å². The molecular weight excluding hydrogens is 362 g/mol. The zero-order valence-corrected chi connectivity index (χ0v) is 14.8. The minimum Gasteiger partial charge on any atom is -0.383 e. The number of rotatable bonds is 4. The topological polar surface area (TPSA) is 82.5 Å². The fourth-order valence-electron chi connectivity index (χ4n) is 3.34. The molecular formula is C20H16F2N6. The van der Waals surface area contributed by atoms with Crippen molar-refractivity contribution in [2.24, 2.45) is 0 Å². The van der Waals surface area contributed by atoms with Crippen molar-refractivity contribution in [2.45, 2.75) is 25.3 Å². The number of hydrogen-bond acceptors (Lipinski definition) is 5. The van der Waals surface area contributed by atoms with Crippen LogP contribution in [0, 0.1) is 11.6 Å². The number of nitrogens with zero attached hydrogens (tertiary/aromatic N) is 5. The third-order valence-corrected chi connectivity index (χ3v) is 4.94. The fraction of sp³-hybridized carbons (Fsp3) is 0.200. The van der Waals surface area contributed by atoms with Crippen LogP contribution in [0.15, 0.2) is 42.7 Å². The lowest BCUT2D eigenvalue weighted by molar-refractivity contribution is 0.493. The maximum atomic E-state index is 14.1. The van der Waals surface area contributed by atoms with E-state index in [2.05, 4.69) is 20.1 Å². The van der Waals surface area contributed by atoms with Crippen molar-refractivity contribution >= 4 is 16.9 Å². The number of nitrogen functional groups attached to an aromatic ring is 1. The number of nitrogens with two attached hydrogens (primary N) is 1. The summed E-state index contributed by atoms with van der Waals surface area (Å²) in [5.74, 6) is -0.499. The molecule has 4 aromatic rings. The SMILES string of the molecule is Nc1nc(-c2nn(Cc3cccc(F)c3F)c3ncccc23)ncc1C1CC1. The molecule has 8 heteroatoms. The van der Waals surface area contributed by atoms with Crippen LogP contribution in [0.4, 0.5) is 14.6 Å². The lowest BCUT2D eigenvalue weighted by Crippen LogP contribution is -2.06. The van der Waals surface area contributed by atoms with Crippen molar-refractivity contribution in [1.82, 2.24) is 24.7 Å². The molecule has 1 aliphatic rings. The van der Waals surface area contributed by atoms with Crippen molar-refractivity contribution in [3.63, 3.8) is 0 Å². The number of benzene rings is 1. The molecule has 6 nitrogen and oxygen atoms in total. The van der Waals surface area contributed by atoms with Gasteiger partial charge in [-0.25, -0.2) is 28.4 Å². The van der Waals surface area contributed by atoms with Crippen LogP contribution in [0.2, 0.25) is 0 Å². The average molecular weight is 378 g/mol. The number of halogens is 2. The van der Waals surface area contributed by atoms with Gasteiger partial charge in [0, 0.05) is 23.5 Å². The standard InChI is InChI=1S/C20H16F2N6/c21-15-5-1-3-12(16(15)22)10-28-20-13(4-2-8-24-20)17(27-28)19-25-9-14(11-6-7-11)18(23)26-19/h1-5,8-9,11H,6-7,10H2,(H2,23,25,26). The molecule has 1 saturated carbocycles. The fourth-order valence-corrected chi connectivity index (χ4v) is 3.34. The Morgan fingerprint density at radius 3 is 2.75 bits per heavy atom. The molecule has 1 aromatic carbocycles. The van der Waals surface area contributed by atoms with Gasteiger partial charge in [0.15, 0.2) is 23.1 Å². The van der Waals surface area contributed by atoms with E-state index in [0.717, 1.165) is 29.9 Å². The van der Waals surface area contributed by atoms with Gasteiger partial charge in [0.05, 0.1) is 11.9 Å². The van der Waals surface area contributed by atoms with Gasteiger partial charge in [-0.05, 0) is 37.0 Å². The molecule has 1 aliphatic carbocycles. The molecule has 5 rings (SSSR count). The van der Waals surface area contributed by atoms with Crippen molar-refractivity contribution < 1.29 is 8.78 Å². The summed E-state index contributed by atoms with van der Waals surface area (Å²) in [4.78, 5) is 13.2. The summed E-state index contributed by atoms with van der Waals surface area (Å²) in [7, 11) is 0. The van der Waals surface area contributed by atoms with Gasteiger partial charge in [0.1, 0.15) is 11.5 Å². The summed E-state index contributed by atoms with van der Waals surface area (Å²) in [6, 6.07) is 7.70. The molecule has 28 heavy (non-hydrogen) atoms. The second kappa shape index (κ2) is 6.33. The van der Waals surface area contributed by atoms with E-state index in [1.54, 1.807) is 18.5 Å². The van der Waals surface area contributed by atoms with Gasteiger partial charge < -0.3 is 5.73 Å². The third kappa shape index (κ3) is 2.77. The van der Waals surface area contributed by atoms with Gasteiger partial charge in [-0.3, -0.25) is 0 Å². The Bertz CT molecular complexity index is 1200. The molecule has 2 N–H and O–H groups in total. The Hall–Kier alpha value is -3.42. The molecule has 0 atom stereocenters. The smallest absolute Gasteiger partial charge is 0.182 e. The van der Waals surface area contributed by atoms with Gasteiger partial charge in [0.25, 0.3) is 0 Å². The van der Waals surface area contributed by atoms with E-state index in [4.69, 9.17) is 5.73 Å².